The lowest BCUT2D eigenvalue weighted by atomic mass is 9.88. The molecule has 0 aromatic rings. The molecule has 1 aliphatic heterocycles. The molecule has 2 rings (SSSR count). The molecule has 3 N–H and O–H groups in total. The zero-order valence-corrected chi connectivity index (χ0v) is 13.4. The maximum absolute atomic E-state index is 5.77. The lowest BCUT2D eigenvalue weighted by molar-refractivity contribution is 0.127. The van der Waals surface area contributed by atoms with Crippen molar-refractivity contribution in [1.82, 2.24) is 10.2 Å². The van der Waals surface area contributed by atoms with Crippen LogP contribution in [0.3, 0.4) is 0 Å². The first-order valence-electron chi connectivity index (χ1n) is 9.00. The van der Waals surface area contributed by atoms with Gasteiger partial charge in [-0.05, 0) is 31.6 Å². The van der Waals surface area contributed by atoms with Crippen molar-refractivity contribution in [2.24, 2.45) is 11.7 Å². The number of nitrogens with one attached hydrogen (secondary N) is 1. The normalized spacial score (nSPS) is 29.7. The average Bonchev–Trinajstić information content (AvgIpc) is 2.46. The van der Waals surface area contributed by atoms with Crippen LogP contribution in [0.5, 0.6) is 0 Å². The van der Waals surface area contributed by atoms with Gasteiger partial charge in [0, 0.05) is 38.3 Å². The van der Waals surface area contributed by atoms with E-state index < -0.39 is 0 Å². The van der Waals surface area contributed by atoms with Crippen LogP contribution >= 0.6 is 0 Å². The number of unbranched alkanes of at least 4 members (excludes halogenated alkanes) is 1. The molecule has 0 spiro atoms. The van der Waals surface area contributed by atoms with Crippen LogP contribution in [-0.2, 0) is 0 Å². The second-order valence-electron chi connectivity index (χ2n) is 6.99. The molecule has 20 heavy (non-hydrogen) atoms. The first-order chi connectivity index (χ1) is 9.81. The molecular formula is C17H35N3. The summed E-state index contributed by atoms with van der Waals surface area (Å²) in [5.74, 6) is 0.886. The standard InChI is InChI=1S/C17H35N3/c1-2-3-7-15-12-17(14-20(13-15)11-10-18)19-16-8-5-4-6-9-16/h15-17,19H,2-14,18H2,1H3. The number of hydrogen-bond donors (Lipinski definition) is 2. The summed E-state index contributed by atoms with van der Waals surface area (Å²) in [6.07, 6.45) is 12.6. The van der Waals surface area contributed by atoms with Crippen molar-refractivity contribution in [1.29, 1.82) is 0 Å². The molecule has 0 radical (unpaired) electrons. The quantitative estimate of drug-likeness (QED) is 0.754. The Morgan fingerprint density at radius 3 is 2.60 bits per heavy atom. The summed E-state index contributed by atoms with van der Waals surface area (Å²) >= 11 is 0. The molecule has 118 valence electrons. The SMILES string of the molecule is CCCCC1CC(NC2CCCCC2)CN(CCN)C1. The lowest BCUT2D eigenvalue weighted by Crippen LogP contribution is -2.53. The largest absolute Gasteiger partial charge is 0.329 e. The Kier molecular flexibility index (Phi) is 7.32. The number of likely N-dealkylation sites (tertiary alicyclic amines) is 1. The van der Waals surface area contributed by atoms with Crippen LogP contribution in [0.4, 0.5) is 0 Å². The van der Waals surface area contributed by atoms with Gasteiger partial charge in [-0.1, -0.05) is 39.0 Å². The van der Waals surface area contributed by atoms with Gasteiger partial charge in [0.25, 0.3) is 0 Å². The highest BCUT2D eigenvalue weighted by Gasteiger charge is 2.28. The summed E-state index contributed by atoms with van der Waals surface area (Å²) in [6.45, 7) is 6.68. The van der Waals surface area contributed by atoms with Crippen LogP contribution in [0.1, 0.15) is 64.7 Å². The van der Waals surface area contributed by atoms with E-state index in [1.807, 2.05) is 0 Å². The zero-order valence-electron chi connectivity index (χ0n) is 13.4. The number of nitrogens with two attached hydrogens (primary N) is 1. The molecule has 1 aliphatic carbocycles. The van der Waals surface area contributed by atoms with E-state index in [4.69, 9.17) is 5.73 Å². The minimum Gasteiger partial charge on any atom is -0.329 e. The van der Waals surface area contributed by atoms with Crippen LogP contribution in [-0.4, -0.2) is 43.2 Å². The van der Waals surface area contributed by atoms with E-state index in [9.17, 15) is 0 Å². The summed E-state index contributed by atoms with van der Waals surface area (Å²) < 4.78 is 0. The molecule has 0 bridgehead atoms. The smallest absolute Gasteiger partial charge is 0.0200 e. The molecule has 1 saturated heterocycles. The summed E-state index contributed by atoms with van der Waals surface area (Å²) in [4.78, 5) is 2.60. The fourth-order valence-corrected chi connectivity index (χ4v) is 4.09. The molecule has 3 nitrogen and oxygen atoms in total. The number of rotatable bonds is 7. The molecular weight excluding hydrogens is 246 g/mol. The minimum absolute atomic E-state index is 0.709. The number of piperidine rings is 1. The molecule has 0 aromatic heterocycles. The Bertz CT molecular complexity index is 251. The summed E-state index contributed by atoms with van der Waals surface area (Å²) in [6, 6.07) is 1.50. The Morgan fingerprint density at radius 2 is 1.90 bits per heavy atom. The van der Waals surface area contributed by atoms with Crippen molar-refractivity contribution in [3.63, 3.8) is 0 Å². The Balaban J connectivity index is 1.81. The molecule has 2 aliphatic rings. The van der Waals surface area contributed by atoms with Gasteiger partial charge in [-0.2, -0.15) is 0 Å². The average molecular weight is 281 g/mol. The number of hydrogen-bond acceptors (Lipinski definition) is 3. The minimum atomic E-state index is 0.709. The monoisotopic (exact) mass is 281 g/mol. The zero-order chi connectivity index (χ0) is 14.2. The molecule has 3 heteroatoms. The highest BCUT2D eigenvalue weighted by atomic mass is 15.2. The van der Waals surface area contributed by atoms with Gasteiger partial charge in [0.05, 0.1) is 0 Å². The van der Waals surface area contributed by atoms with Crippen molar-refractivity contribution in [3.05, 3.63) is 0 Å². The predicted octanol–water partition coefficient (Wildman–Crippen LogP) is 2.75. The second kappa shape index (κ2) is 9.01. The first-order valence-corrected chi connectivity index (χ1v) is 9.00. The predicted molar refractivity (Wildman–Crippen MR) is 86.9 cm³/mol. The van der Waals surface area contributed by atoms with E-state index in [1.54, 1.807) is 0 Å². The van der Waals surface area contributed by atoms with Gasteiger partial charge >= 0.3 is 0 Å². The van der Waals surface area contributed by atoms with Crippen molar-refractivity contribution in [2.45, 2.75) is 76.8 Å². The van der Waals surface area contributed by atoms with E-state index in [0.717, 1.165) is 25.0 Å². The molecule has 0 amide bonds. The van der Waals surface area contributed by atoms with Crippen LogP contribution < -0.4 is 11.1 Å². The molecule has 2 unspecified atom stereocenters. The topological polar surface area (TPSA) is 41.3 Å². The van der Waals surface area contributed by atoms with Crippen molar-refractivity contribution < 1.29 is 0 Å². The van der Waals surface area contributed by atoms with Crippen LogP contribution in [0.25, 0.3) is 0 Å². The van der Waals surface area contributed by atoms with Gasteiger partial charge in [-0.15, -0.1) is 0 Å². The fraction of sp³-hybridized carbons (Fsp3) is 1.00. The maximum atomic E-state index is 5.77. The molecule has 0 aromatic carbocycles. The lowest BCUT2D eigenvalue weighted by Gasteiger charge is -2.40. The second-order valence-corrected chi connectivity index (χ2v) is 6.99. The Hall–Kier alpha value is -0.120. The van der Waals surface area contributed by atoms with Crippen molar-refractivity contribution in [3.8, 4) is 0 Å². The Labute approximate surface area is 125 Å². The van der Waals surface area contributed by atoms with Gasteiger partial charge in [-0.3, -0.25) is 0 Å². The van der Waals surface area contributed by atoms with Gasteiger partial charge in [0.1, 0.15) is 0 Å². The molecule has 1 heterocycles. The fourth-order valence-electron chi connectivity index (χ4n) is 4.09. The number of nitrogens with zero attached hydrogens (tertiary/aromatic N) is 1. The van der Waals surface area contributed by atoms with Gasteiger partial charge in [0.15, 0.2) is 0 Å². The summed E-state index contributed by atoms with van der Waals surface area (Å²) in [5.41, 5.74) is 5.77. The van der Waals surface area contributed by atoms with E-state index in [-0.39, 0.29) is 0 Å². The van der Waals surface area contributed by atoms with Gasteiger partial charge < -0.3 is 16.0 Å². The third-order valence-electron chi connectivity index (χ3n) is 5.10. The summed E-state index contributed by atoms with van der Waals surface area (Å²) in [5, 5.41) is 3.97. The maximum Gasteiger partial charge on any atom is 0.0200 e. The molecule has 2 atom stereocenters. The van der Waals surface area contributed by atoms with Crippen LogP contribution in [0.15, 0.2) is 0 Å². The third kappa shape index (κ3) is 5.34. The van der Waals surface area contributed by atoms with E-state index in [0.29, 0.717) is 6.04 Å². The van der Waals surface area contributed by atoms with Gasteiger partial charge in [0.2, 0.25) is 0 Å². The highest BCUT2D eigenvalue weighted by molar-refractivity contribution is 4.86. The van der Waals surface area contributed by atoms with E-state index in [1.165, 1.54) is 70.9 Å². The molecule has 1 saturated carbocycles. The third-order valence-corrected chi connectivity index (χ3v) is 5.10. The van der Waals surface area contributed by atoms with Crippen LogP contribution in [0.2, 0.25) is 0 Å². The van der Waals surface area contributed by atoms with Crippen LogP contribution in [0, 0.1) is 5.92 Å². The van der Waals surface area contributed by atoms with Gasteiger partial charge in [-0.25, -0.2) is 0 Å². The first kappa shape index (κ1) is 16.3. The summed E-state index contributed by atoms with van der Waals surface area (Å²) in [7, 11) is 0. The molecule has 2 fully saturated rings. The van der Waals surface area contributed by atoms with Crippen molar-refractivity contribution >= 4 is 0 Å². The van der Waals surface area contributed by atoms with E-state index in [2.05, 4.69) is 17.1 Å². The highest BCUT2D eigenvalue weighted by Crippen LogP contribution is 2.24. The van der Waals surface area contributed by atoms with E-state index >= 15 is 0 Å². The van der Waals surface area contributed by atoms with Crippen molar-refractivity contribution in [2.75, 3.05) is 26.2 Å². The Morgan fingerprint density at radius 1 is 1.10 bits per heavy atom.